The highest BCUT2D eigenvalue weighted by atomic mass is 16.3. The fourth-order valence-electron chi connectivity index (χ4n) is 2.18. The Kier molecular flexibility index (Phi) is 3.87. The summed E-state index contributed by atoms with van der Waals surface area (Å²) in [7, 11) is 1.81. The van der Waals surface area contributed by atoms with E-state index in [4.69, 9.17) is 5.11 Å². The number of nitrogens with zero attached hydrogens (tertiary/aromatic N) is 1. The molecular weight excluding hydrogens is 228 g/mol. The van der Waals surface area contributed by atoms with Crippen molar-refractivity contribution in [1.82, 2.24) is 0 Å². The standard InChI is InChI=1S/C14H20N2O2/c1-3-10(9-17)8-15-12-4-5-13-11(6-12)7-14(18)16(13)2/h4-6,10,15,17H,3,7-9H2,1-2H3. The minimum Gasteiger partial charge on any atom is -0.396 e. The lowest BCUT2D eigenvalue weighted by Crippen LogP contribution is -2.20. The van der Waals surface area contributed by atoms with Crippen LogP contribution in [0, 0.1) is 5.92 Å². The number of carbonyl (C=O) groups is 1. The number of hydrogen-bond acceptors (Lipinski definition) is 3. The molecule has 1 aromatic rings. The maximum atomic E-state index is 11.6. The maximum Gasteiger partial charge on any atom is 0.231 e. The first-order chi connectivity index (χ1) is 8.65. The minimum absolute atomic E-state index is 0.143. The fraction of sp³-hybridized carbons (Fsp3) is 0.500. The van der Waals surface area contributed by atoms with Crippen LogP contribution in [-0.2, 0) is 11.2 Å². The second-order valence-electron chi connectivity index (χ2n) is 4.81. The van der Waals surface area contributed by atoms with E-state index in [1.165, 1.54) is 0 Å². The van der Waals surface area contributed by atoms with Crippen molar-refractivity contribution >= 4 is 17.3 Å². The molecule has 1 unspecified atom stereocenters. The summed E-state index contributed by atoms with van der Waals surface area (Å²) in [6.45, 7) is 3.03. The number of amides is 1. The van der Waals surface area contributed by atoms with E-state index in [0.29, 0.717) is 6.42 Å². The molecule has 1 aliphatic heterocycles. The van der Waals surface area contributed by atoms with Gasteiger partial charge in [0.15, 0.2) is 0 Å². The van der Waals surface area contributed by atoms with E-state index in [2.05, 4.69) is 12.2 Å². The van der Waals surface area contributed by atoms with Crippen molar-refractivity contribution in [3.8, 4) is 0 Å². The average molecular weight is 248 g/mol. The molecule has 1 aromatic carbocycles. The molecule has 4 nitrogen and oxygen atoms in total. The topological polar surface area (TPSA) is 52.6 Å². The molecule has 0 spiro atoms. The van der Waals surface area contributed by atoms with Crippen LogP contribution in [0.5, 0.6) is 0 Å². The van der Waals surface area contributed by atoms with Crippen molar-refractivity contribution in [2.75, 3.05) is 30.4 Å². The monoisotopic (exact) mass is 248 g/mol. The van der Waals surface area contributed by atoms with Crippen LogP contribution in [0.4, 0.5) is 11.4 Å². The number of anilines is 2. The van der Waals surface area contributed by atoms with Gasteiger partial charge in [0.25, 0.3) is 0 Å². The van der Waals surface area contributed by atoms with E-state index in [9.17, 15) is 4.79 Å². The Morgan fingerprint density at radius 3 is 2.94 bits per heavy atom. The first-order valence-corrected chi connectivity index (χ1v) is 6.40. The highest BCUT2D eigenvalue weighted by molar-refractivity contribution is 6.01. The molecule has 0 aliphatic carbocycles. The molecule has 0 saturated carbocycles. The van der Waals surface area contributed by atoms with Crippen molar-refractivity contribution in [2.45, 2.75) is 19.8 Å². The van der Waals surface area contributed by atoms with Gasteiger partial charge in [-0.25, -0.2) is 0 Å². The summed E-state index contributed by atoms with van der Waals surface area (Å²) in [5, 5.41) is 12.5. The number of rotatable bonds is 5. The van der Waals surface area contributed by atoms with Gasteiger partial charge in [-0.3, -0.25) is 4.79 Å². The van der Waals surface area contributed by atoms with Crippen molar-refractivity contribution < 1.29 is 9.90 Å². The van der Waals surface area contributed by atoms with Gasteiger partial charge in [0.05, 0.1) is 6.42 Å². The molecule has 0 radical (unpaired) electrons. The Morgan fingerprint density at radius 1 is 1.50 bits per heavy atom. The Bertz CT molecular complexity index is 441. The van der Waals surface area contributed by atoms with Gasteiger partial charge in [0.2, 0.25) is 5.91 Å². The SMILES string of the molecule is CCC(CO)CNc1ccc2c(c1)CC(=O)N2C. The lowest BCUT2D eigenvalue weighted by atomic mass is 10.1. The van der Waals surface area contributed by atoms with Crippen molar-refractivity contribution in [3.63, 3.8) is 0 Å². The fourth-order valence-corrected chi connectivity index (χ4v) is 2.18. The summed E-state index contributed by atoms with van der Waals surface area (Å²) in [6, 6.07) is 5.99. The quantitative estimate of drug-likeness (QED) is 0.833. The maximum absolute atomic E-state index is 11.6. The molecule has 98 valence electrons. The van der Waals surface area contributed by atoms with Crippen LogP contribution in [0.1, 0.15) is 18.9 Å². The first-order valence-electron chi connectivity index (χ1n) is 6.40. The largest absolute Gasteiger partial charge is 0.396 e. The third-order valence-electron chi connectivity index (χ3n) is 3.59. The van der Waals surface area contributed by atoms with Gasteiger partial charge in [-0.1, -0.05) is 6.92 Å². The number of benzene rings is 1. The normalized spacial score (nSPS) is 15.7. The molecule has 0 saturated heterocycles. The van der Waals surface area contributed by atoms with Crippen LogP contribution < -0.4 is 10.2 Å². The van der Waals surface area contributed by atoms with Gasteiger partial charge in [0.1, 0.15) is 0 Å². The van der Waals surface area contributed by atoms with Gasteiger partial charge in [-0.15, -0.1) is 0 Å². The Labute approximate surface area is 108 Å². The minimum atomic E-state index is 0.143. The van der Waals surface area contributed by atoms with Gasteiger partial charge in [0, 0.05) is 31.6 Å². The molecule has 0 fully saturated rings. The number of aliphatic hydroxyl groups is 1. The number of fused-ring (bicyclic) bond motifs is 1. The second-order valence-corrected chi connectivity index (χ2v) is 4.81. The zero-order chi connectivity index (χ0) is 13.1. The van der Waals surface area contributed by atoms with E-state index in [1.807, 2.05) is 18.2 Å². The smallest absolute Gasteiger partial charge is 0.231 e. The molecule has 2 N–H and O–H groups in total. The van der Waals surface area contributed by atoms with Crippen molar-refractivity contribution in [1.29, 1.82) is 0 Å². The van der Waals surface area contributed by atoms with Crippen LogP contribution >= 0.6 is 0 Å². The summed E-state index contributed by atoms with van der Waals surface area (Å²) in [6.07, 6.45) is 1.44. The molecule has 1 amide bonds. The third-order valence-corrected chi connectivity index (χ3v) is 3.59. The van der Waals surface area contributed by atoms with Gasteiger partial charge < -0.3 is 15.3 Å². The summed E-state index contributed by atoms with van der Waals surface area (Å²) in [4.78, 5) is 13.3. The van der Waals surface area contributed by atoms with E-state index in [0.717, 1.165) is 29.9 Å². The van der Waals surface area contributed by atoms with E-state index < -0.39 is 0 Å². The number of aliphatic hydroxyl groups excluding tert-OH is 1. The molecule has 18 heavy (non-hydrogen) atoms. The Morgan fingerprint density at radius 2 is 2.28 bits per heavy atom. The summed E-state index contributed by atoms with van der Waals surface area (Å²) < 4.78 is 0. The van der Waals surface area contributed by atoms with E-state index in [-0.39, 0.29) is 18.4 Å². The van der Waals surface area contributed by atoms with Crippen LogP contribution in [-0.4, -0.2) is 31.2 Å². The van der Waals surface area contributed by atoms with E-state index in [1.54, 1.807) is 11.9 Å². The van der Waals surface area contributed by atoms with Crippen LogP contribution in [0.2, 0.25) is 0 Å². The van der Waals surface area contributed by atoms with Gasteiger partial charge in [-0.2, -0.15) is 0 Å². The zero-order valence-electron chi connectivity index (χ0n) is 10.9. The van der Waals surface area contributed by atoms with Crippen molar-refractivity contribution in [3.05, 3.63) is 23.8 Å². The van der Waals surface area contributed by atoms with Gasteiger partial charge in [-0.05, 0) is 36.1 Å². The highest BCUT2D eigenvalue weighted by Gasteiger charge is 2.23. The Balaban J connectivity index is 2.05. The molecule has 0 aromatic heterocycles. The molecule has 1 heterocycles. The molecule has 4 heteroatoms. The Hall–Kier alpha value is -1.55. The second kappa shape index (κ2) is 5.40. The number of nitrogens with one attached hydrogen (secondary N) is 1. The molecule has 0 bridgehead atoms. The molecule has 2 rings (SSSR count). The van der Waals surface area contributed by atoms with Crippen molar-refractivity contribution in [2.24, 2.45) is 5.92 Å². The van der Waals surface area contributed by atoms with E-state index >= 15 is 0 Å². The van der Waals surface area contributed by atoms with Crippen LogP contribution in [0.25, 0.3) is 0 Å². The summed E-state index contributed by atoms with van der Waals surface area (Å²) >= 11 is 0. The van der Waals surface area contributed by atoms with Gasteiger partial charge >= 0.3 is 0 Å². The van der Waals surface area contributed by atoms with Crippen LogP contribution in [0.15, 0.2) is 18.2 Å². The lowest BCUT2D eigenvalue weighted by molar-refractivity contribution is -0.117. The summed E-state index contributed by atoms with van der Waals surface area (Å²) in [5.74, 6) is 0.423. The predicted molar refractivity (Wildman–Crippen MR) is 72.9 cm³/mol. The highest BCUT2D eigenvalue weighted by Crippen LogP contribution is 2.29. The lowest BCUT2D eigenvalue weighted by Gasteiger charge is -2.15. The zero-order valence-corrected chi connectivity index (χ0v) is 10.9. The molecule has 1 atom stereocenters. The first kappa shape index (κ1) is 12.9. The number of likely N-dealkylation sites (N-methyl/N-ethyl adjacent to an activating group) is 1. The summed E-state index contributed by atoms with van der Waals surface area (Å²) in [5.41, 5.74) is 3.09. The molecular formula is C14H20N2O2. The number of carbonyl (C=O) groups excluding carboxylic acids is 1. The third kappa shape index (κ3) is 2.48. The average Bonchev–Trinajstić information content (AvgIpc) is 2.66. The number of hydrogen-bond donors (Lipinski definition) is 2. The predicted octanol–water partition coefficient (Wildman–Crippen LogP) is 1.64. The molecule has 1 aliphatic rings. The van der Waals surface area contributed by atoms with Crippen LogP contribution in [0.3, 0.4) is 0 Å².